The number of piperidine rings is 1. The van der Waals surface area contributed by atoms with Crippen LogP contribution in [0.2, 0.25) is 5.02 Å². The van der Waals surface area contributed by atoms with Gasteiger partial charge in [-0.2, -0.15) is 0 Å². The lowest BCUT2D eigenvalue weighted by atomic mass is 9.69. The second kappa shape index (κ2) is 8.89. The van der Waals surface area contributed by atoms with E-state index in [2.05, 4.69) is 32.6 Å². The van der Waals surface area contributed by atoms with E-state index in [0.29, 0.717) is 18.6 Å². The molecule has 1 atom stereocenters. The molecule has 6 nitrogen and oxygen atoms in total. The molecule has 7 heteroatoms. The van der Waals surface area contributed by atoms with E-state index in [9.17, 15) is 0 Å². The number of rotatable bonds is 6. The van der Waals surface area contributed by atoms with Crippen molar-refractivity contribution in [1.82, 2.24) is 25.1 Å². The average Bonchev–Trinajstić information content (AvgIpc) is 3.17. The third kappa shape index (κ3) is 4.24. The van der Waals surface area contributed by atoms with E-state index >= 15 is 0 Å². The van der Waals surface area contributed by atoms with Crippen molar-refractivity contribution >= 4 is 11.6 Å². The van der Waals surface area contributed by atoms with Crippen molar-refractivity contribution in [3.63, 3.8) is 0 Å². The molecule has 2 aromatic rings. The molecule has 0 radical (unpaired) electrons. The number of aromatic nitrogens is 4. The minimum Gasteiger partial charge on any atom is -0.383 e. The number of ether oxygens (including phenoxy) is 1. The summed E-state index contributed by atoms with van der Waals surface area (Å²) in [6.45, 7) is 3.45. The van der Waals surface area contributed by atoms with E-state index in [4.69, 9.17) is 16.3 Å². The lowest BCUT2D eigenvalue weighted by molar-refractivity contribution is 0.0338. The average molecular weight is 404 g/mol. The second-order valence-corrected chi connectivity index (χ2v) is 8.78. The fourth-order valence-corrected chi connectivity index (χ4v) is 5.22. The van der Waals surface area contributed by atoms with E-state index in [-0.39, 0.29) is 6.04 Å². The molecule has 0 bridgehead atoms. The maximum atomic E-state index is 6.17. The summed E-state index contributed by atoms with van der Waals surface area (Å²) in [7, 11) is 1.71. The van der Waals surface area contributed by atoms with Gasteiger partial charge in [-0.1, -0.05) is 43.0 Å². The van der Waals surface area contributed by atoms with Crippen molar-refractivity contribution in [3.05, 3.63) is 40.7 Å². The van der Waals surface area contributed by atoms with Crippen molar-refractivity contribution in [1.29, 1.82) is 0 Å². The minimum absolute atomic E-state index is 0.0447. The van der Waals surface area contributed by atoms with Gasteiger partial charge in [0.1, 0.15) is 0 Å². The van der Waals surface area contributed by atoms with E-state index in [0.717, 1.165) is 23.9 Å². The van der Waals surface area contributed by atoms with Crippen LogP contribution in [0.25, 0.3) is 0 Å². The van der Waals surface area contributed by atoms with Gasteiger partial charge >= 0.3 is 0 Å². The molecule has 28 heavy (non-hydrogen) atoms. The highest BCUT2D eigenvalue weighted by molar-refractivity contribution is 6.30. The third-order valence-electron chi connectivity index (χ3n) is 6.47. The van der Waals surface area contributed by atoms with Crippen molar-refractivity contribution < 1.29 is 4.74 Å². The highest BCUT2D eigenvalue weighted by atomic mass is 35.5. The number of tetrazole rings is 1. The van der Waals surface area contributed by atoms with Crippen LogP contribution in [0.5, 0.6) is 0 Å². The van der Waals surface area contributed by atoms with Crippen LogP contribution in [-0.2, 0) is 11.3 Å². The first-order chi connectivity index (χ1) is 13.7. The van der Waals surface area contributed by atoms with Gasteiger partial charge in [0.2, 0.25) is 0 Å². The van der Waals surface area contributed by atoms with Gasteiger partial charge in [-0.05, 0) is 65.8 Å². The largest absolute Gasteiger partial charge is 0.383 e. The van der Waals surface area contributed by atoms with E-state index in [1.54, 1.807) is 7.11 Å². The van der Waals surface area contributed by atoms with E-state index in [1.807, 2.05) is 16.8 Å². The summed E-state index contributed by atoms with van der Waals surface area (Å²) in [6, 6.07) is 8.21. The number of hydrogen-bond donors (Lipinski definition) is 0. The lowest BCUT2D eigenvalue weighted by Crippen LogP contribution is -2.46. The van der Waals surface area contributed by atoms with Gasteiger partial charge in [-0.15, -0.1) is 5.10 Å². The van der Waals surface area contributed by atoms with E-state index in [1.165, 1.54) is 50.5 Å². The topological polar surface area (TPSA) is 56.1 Å². The molecule has 0 N–H and O–H groups in total. The summed E-state index contributed by atoms with van der Waals surface area (Å²) < 4.78 is 7.15. The van der Waals surface area contributed by atoms with Crippen molar-refractivity contribution in [2.24, 2.45) is 5.41 Å². The van der Waals surface area contributed by atoms with Crippen LogP contribution in [-0.4, -0.2) is 51.9 Å². The highest BCUT2D eigenvalue weighted by Crippen LogP contribution is 2.45. The normalized spacial score (nSPS) is 21.1. The highest BCUT2D eigenvalue weighted by Gasteiger charge is 2.40. The zero-order chi connectivity index (χ0) is 19.4. The predicted molar refractivity (Wildman–Crippen MR) is 109 cm³/mol. The van der Waals surface area contributed by atoms with Crippen LogP contribution in [0.1, 0.15) is 62.4 Å². The monoisotopic (exact) mass is 403 g/mol. The first-order valence-electron chi connectivity index (χ1n) is 10.5. The molecule has 2 fully saturated rings. The SMILES string of the molecule is COCCn1nnnc1[C@@H](c1ccc(Cl)cc1)N1CCCC2(CCCCC2)C1. The van der Waals surface area contributed by atoms with Crippen LogP contribution >= 0.6 is 11.6 Å². The maximum absolute atomic E-state index is 6.17. The Kier molecular flexibility index (Phi) is 6.28. The summed E-state index contributed by atoms with van der Waals surface area (Å²) in [5.41, 5.74) is 1.66. The summed E-state index contributed by atoms with van der Waals surface area (Å²) >= 11 is 6.17. The predicted octanol–water partition coefficient (Wildman–Crippen LogP) is 4.11. The van der Waals surface area contributed by atoms with Gasteiger partial charge in [0.15, 0.2) is 5.82 Å². The first-order valence-corrected chi connectivity index (χ1v) is 10.8. The lowest BCUT2D eigenvalue weighted by Gasteiger charge is -2.47. The molecule has 2 heterocycles. The van der Waals surface area contributed by atoms with Crippen LogP contribution in [0.3, 0.4) is 0 Å². The number of benzene rings is 1. The minimum atomic E-state index is 0.0447. The third-order valence-corrected chi connectivity index (χ3v) is 6.72. The molecule has 1 saturated carbocycles. The quantitative estimate of drug-likeness (QED) is 0.726. The second-order valence-electron chi connectivity index (χ2n) is 8.34. The van der Waals surface area contributed by atoms with Crippen LogP contribution < -0.4 is 0 Å². The standard InChI is InChI=1S/C21H30ClN5O/c1-28-15-14-27-20(23-24-25-27)19(17-6-8-18(22)9-7-17)26-13-5-12-21(16-26)10-3-2-4-11-21/h6-9,19H,2-5,10-16H2,1H3/t19-/m1/s1. The van der Waals surface area contributed by atoms with E-state index < -0.39 is 0 Å². The molecule has 0 unspecified atom stereocenters. The van der Waals surface area contributed by atoms with Crippen LogP contribution in [0, 0.1) is 5.41 Å². The first kappa shape index (κ1) is 19.8. The molecule has 1 aromatic heterocycles. The summed E-state index contributed by atoms with van der Waals surface area (Å²) in [6.07, 6.45) is 9.42. The molecule has 1 aliphatic carbocycles. The van der Waals surface area contributed by atoms with Gasteiger partial charge in [-0.25, -0.2) is 4.68 Å². The number of nitrogens with zero attached hydrogens (tertiary/aromatic N) is 5. The summed E-state index contributed by atoms with van der Waals surface area (Å²) in [5, 5.41) is 13.4. The Morgan fingerprint density at radius 1 is 1.11 bits per heavy atom. The number of halogens is 1. The fraction of sp³-hybridized carbons (Fsp3) is 0.667. The van der Waals surface area contributed by atoms with Crippen LogP contribution in [0.15, 0.2) is 24.3 Å². The van der Waals surface area contributed by atoms with Gasteiger partial charge < -0.3 is 4.74 Å². The van der Waals surface area contributed by atoms with Crippen molar-refractivity contribution in [3.8, 4) is 0 Å². The molecular weight excluding hydrogens is 374 g/mol. The Morgan fingerprint density at radius 2 is 1.86 bits per heavy atom. The summed E-state index contributed by atoms with van der Waals surface area (Å²) in [5.74, 6) is 0.896. The Balaban J connectivity index is 1.67. The molecule has 152 valence electrons. The Morgan fingerprint density at radius 3 is 2.61 bits per heavy atom. The fourth-order valence-electron chi connectivity index (χ4n) is 5.09. The Hall–Kier alpha value is -1.50. The molecule has 1 aromatic carbocycles. The number of likely N-dealkylation sites (tertiary alicyclic amines) is 1. The zero-order valence-corrected chi connectivity index (χ0v) is 17.4. The van der Waals surface area contributed by atoms with Crippen LogP contribution in [0.4, 0.5) is 0 Å². The smallest absolute Gasteiger partial charge is 0.173 e. The molecule has 2 aliphatic rings. The summed E-state index contributed by atoms with van der Waals surface area (Å²) in [4.78, 5) is 2.60. The molecule has 1 saturated heterocycles. The van der Waals surface area contributed by atoms with Crippen molar-refractivity contribution in [2.75, 3.05) is 26.8 Å². The van der Waals surface area contributed by atoms with Gasteiger partial charge in [0.05, 0.1) is 19.2 Å². The molecular formula is C21H30ClN5O. The number of hydrogen-bond acceptors (Lipinski definition) is 5. The van der Waals surface area contributed by atoms with Crippen molar-refractivity contribution in [2.45, 2.75) is 57.5 Å². The number of methoxy groups -OCH3 is 1. The zero-order valence-electron chi connectivity index (χ0n) is 16.7. The molecule has 0 amide bonds. The Bertz CT molecular complexity index is 751. The van der Waals surface area contributed by atoms with Gasteiger partial charge in [-0.3, -0.25) is 4.90 Å². The molecule has 1 aliphatic heterocycles. The van der Waals surface area contributed by atoms with Gasteiger partial charge in [0.25, 0.3) is 0 Å². The molecule has 4 rings (SSSR count). The maximum Gasteiger partial charge on any atom is 0.173 e. The van der Waals surface area contributed by atoms with Gasteiger partial charge in [0, 0.05) is 18.7 Å². The molecule has 1 spiro atoms. The Labute approximate surface area is 172 Å².